The number of morpholine rings is 1. The van der Waals surface area contributed by atoms with Gasteiger partial charge in [0, 0.05) is 13.1 Å². The lowest BCUT2D eigenvalue weighted by molar-refractivity contribution is -0.145. The Hall–Kier alpha value is -1.53. The van der Waals surface area contributed by atoms with Crippen molar-refractivity contribution in [3.05, 3.63) is 35.4 Å². The van der Waals surface area contributed by atoms with Crippen LogP contribution in [0.15, 0.2) is 18.2 Å². The smallest absolute Gasteiger partial charge is 0.320 e. The Labute approximate surface area is 109 Å². The van der Waals surface area contributed by atoms with Crippen molar-refractivity contribution in [2.45, 2.75) is 19.1 Å². The summed E-state index contributed by atoms with van der Waals surface area (Å²) in [5, 5.41) is 8.98. The van der Waals surface area contributed by atoms with Gasteiger partial charge >= 0.3 is 5.97 Å². The van der Waals surface area contributed by atoms with Gasteiger partial charge in [-0.05, 0) is 24.6 Å². The molecular weight excluding hydrogens is 256 g/mol. The van der Waals surface area contributed by atoms with Gasteiger partial charge in [0.05, 0.1) is 12.7 Å². The van der Waals surface area contributed by atoms with Crippen LogP contribution >= 0.6 is 0 Å². The predicted molar refractivity (Wildman–Crippen MR) is 63.7 cm³/mol. The molecule has 2 atom stereocenters. The first kappa shape index (κ1) is 13.9. The molecule has 0 unspecified atom stereocenters. The number of benzene rings is 1. The average Bonchev–Trinajstić information content (AvgIpc) is 2.41. The van der Waals surface area contributed by atoms with Gasteiger partial charge in [0.15, 0.2) is 11.6 Å². The lowest BCUT2D eigenvalue weighted by atomic mass is 10.1. The molecule has 1 aromatic carbocycles. The molecule has 0 amide bonds. The van der Waals surface area contributed by atoms with E-state index in [2.05, 4.69) is 0 Å². The fourth-order valence-corrected chi connectivity index (χ4v) is 2.09. The first-order valence-electron chi connectivity index (χ1n) is 6.02. The van der Waals surface area contributed by atoms with Crippen LogP contribution in [0.1, 0.15) is 18.6 Å². The van der Waals surface area contributed by atoms with Gasteiger partial charge in [0.2, 0.25) is 0 Å². The van der Waals surface area contributed by atoms with Crippen LogP contribution in [0.2, 0.25) is 0 Å². The van der Waals surface area contributed by atoms with Gasteiger partial charge in [-0.2, -0.15) is 0 Å². The van der Waals surface area contributed by atoms with Crippen molar-refractivity contribution >= 4 is 5.97 Å². The Balaban J connectivity index is 2.12. The zero-order chi connectivity index (χ0) is 14.0. The molecule has 1 fully saturated rings. The van der Waals surface area contributed by atoms with Crippen LogP contribution in [0.4, 0.5) is 8.78 Å². The minimum atomic E-state index is -0.926. The highest BCUT2D eigenvalue weighted by Gasteiger charge is 2.28. The van der Waals surface area contributed by atoms with E-state index in [-0.39, 0.29) is 0 Å². The molecule has 0 radical (unpaired) electrons. The summed E-state index contributed by atoms with van der Waals surface area (Å²) >= 11 is 0. The molecule has 1 aliphatic rings. The highest BCUT2D eigenvalue weighted by Crippen LogP contribution is 2.24. The van der Waals surface area contributed by atoms with Crippen molar-refractivity contribution in [1.82, 2.24) is 4.90 Å². The standard InChI is InChI=1S/C13H15F2NO3/c1-8(13(17)18)16-4-5-19-12(7-16)9-2-3-10(14)11(15)6-9/h2-3,6,8,12H,4-5,7H2,1H3,(H,17,18)/t8-,12-/m0/s1. The zero-order valence-electron chi connectivity index (χ0n) is 10.5. The first-order chi connectivity index (χ1) is 8.99. The van der Waals surface area contributed by atoms with Gasteiger partial charge in [-0.3, -0.25) is 9.69 Å². The lowest BCUT2D eigenvalue weighted by Crippen LogP contribution is -2.46. The fraction of sp³-hybridized carbons (Fsp3) is 0.462. The second kappa shape index (κ2) is 5.63. The summed E-state index contributed by atoms with van der Waals surface area (Å²) in [7, 11) is 0. The van der Waals surface area contributed by atoms with Crippen LogP contribution in [0.25, 0.3) is 0 Å². The van der Waals surface area contributed by atoms with Crippen LogP contribution in [0.3, 0.4) is 0 Å². The monoisotopic (exact) mass is 271 g/mol. The number of ether oxygens (including phenoxy) is 1. The van der Waals surface area contributed by atoms with Gasteiger partial charge in [-0.15, -0.1) is 0 Å². The second-order valence-electron chi connectivity index (χ2n) is 4.54. The molecule has 2 rings (SSSR count). The summed E-state index contributed by atoms with van der Waals surface area (Å²) in [6.07, 6.45) is -0.439. The van der Waals surface area contributed by atoms with Gasteiger partial charge in [0.1, 0.15) is 6.04 Å². The van der Waals surface area contributed by atoms with Gasteiger partial charge in [0.25, 0.3) is 0 Å². The molecule has 0 saturated carbocycles. The maximum absolute atomic E-state index is 13.2. The topological polar surface area (TPSA) is 49.8 Å². The third-order valence-corrected chi connectivity index (χ3v) is 3.32. The predicted octanol–water partition coefficient (Wildman–Crippen LogP) is 1.81. The minimum absolute atomic E-state index is 0.346. The van der Waals surface area contributed by atoms with Crippen LogP contribution in [0.5, 0.6) is 0 Å². The first-order valence-corrected chi connectivity index (χ1v) is 6.02. The molecule has 0 aliphatic carbocycles. The third-order valence-electron chi connectivity index (χ3n) is 3.32. The zero-order valence-corrected chi connectivity index (χ0v) is 10.5. The number of aliphatic carboxylic acids is 1. The molecule has 19 heavy (non-hydrogen) atoms. The number of hydrogen-bond acceptors (Lipinski definition) is 3. The maximum atomic E-state index is 13.2. The molecule has 1 saturated heterocycles. The summed E-state index contributed by atoms with van der Waals surface area (Å²) in [6, 6.07) is 2.97. The van der Waals surface area contributed by atoms with Crippen molar-refractivity contribution < 1.29 is 23.4 Å². The van der Waals surface area contributed by atoms with E-state index in [1.54, 1.807) is 11.8 Å². The number of nitrogens with zero attached hydrogens (tertiary/aromatic N) is 1. The number of carbonyl (C=O) groups is 1. The Bertz CT molecular complexity index is 481. The van der Waals surface area contributed by atoms with E-state index in [4.69, 9.17) is 9.84 Å². The molecule has 104 valence electrons. The largest absolute Gasteiger partial charge is 0.480 e. The lowest BCUT2D eigenvalue weighted by Gasteiger charge is -2.35. The SMILES string of the molecule is C[C@@H](C(=O)O)N1CCO[C@H](c2ccc(F)c(F)c2)C1. The highest BCUT2D eigenvalue weighted by molar-refractivity contribution is 5.72. The van der Waals surface area contributed by atoms with E-state index < -0.39 is 29.7 Å². The summed E-state index contributed by atoms with van der Waals surface area (Å²) in [4.78, 5) is 12.7. The second-order valence-corrected chi connectivity index (χ2v) is 4.54. The summed E-state index contributed by atoms with van der Waals surface area (Å²) in [6.45, 7) is 2.81. The maximum Gasteiger partial charge on any atom is 0.320 e. The van der Waals surface area contributed by atoms with Gasteiger partial charge in [-0.25, -0.2) is 8.78 Å². The van der Waals surface area contributed by atoms with E-state index in [9.17, 15) is 13.6 Å². The van der Waals surface area contributed by atoms with Crippen molar-refractivity contribution in [3.63, 3.8) is 0 Å². The van der Waals surface area contributed by atoms with Crippen LogP contribution in [-0.4, -0.2) is 41.7 Å². The number of rotatable bonds is 3. The molecule has 1 N–H and O–H groups in total. The molecule has 1 aliphatic heterocycles. The number of carboxylic acids is 1. The number of carboxylic acid groups (broad SMARTS) is 1. The quantitative estimate of drug-likeness (QED) is 0.911. The molecule has 0 aromatic heterocycles. The third kappa shape index (κ3) is 3.08. The molecule has 0 spiro atoms. The molecule has 0 bridgehead atoms. The van der Waals surface area contributed by atoms with Gasteiger partial charge in [-0.1, -0.05) is 6.07 Å². The summed E-state index contributed by atoms with van der Waals surface area (Å²) in [5.74, 6) is -2.74. The van der Waals surface area contributed by atoms with E-state index in [1.165, 1.54) is 6.07 Å². The Morgan fingerprint density at radius 1 is 1.47 bits per heavy atom. The molecule has 6 heteroatoms. The van der Waals surface area contributed by atoms with E-state index >= 15 is 0 Å². The average molecular weight is 271 g/mol. The highest BCUT2D eigenvalue weighted by atomic mass is 19.2. The van der Waals surface area contributed by atoms with Crippen molar-refractivity contribution in [2.75, 3.05) is 19.7 Å². The van der Waals surface area contributed by atoms with Crippen molar-refractivity contribution in [3.8, 4) is 0 Å². The van der Waals surface area contributed by atoms with E-state index in [0.717, 1.165) is 12.1 Å². The number of hydrogen-bond donors (Lipinski definition) is 1. The van der Waals surface area contributed by atoms with Crippen LogP contribution < -0.4 is 0 Å². The van der Waals surface area contributed by atoms with Crippen molar-refractivity contribution in [1.29, 1.82) is 0 Å². The summed E-state index contributed by atoms with van der Waals surface area (Å²) < 4.78 is 31.5. The van der Waals surface area contributed by atoms with E-state index in [1.807, 2.05) is 0 Å². The fourth-order valence-electron chi connectivity index (χ4n) is 2.09. The normalized spacial score (nSPS) is 22.2. The molecule has 1 aromatic rings. The summed E-state index contributed by atoms with van der Waals surface area (Å²) in [5.41, 5.74) is 0.515. The van der Waals surface area contributed by atoms with Crippen molar-refractivity contribution in [2.24, 2.45) is 0 Å². The van der Waals surface area contributed by atoms with Gasteiger partial charge < -0.3 is 9.84 Å². The minimum Gasteiger partial charge on any atom is -0.480 e. The Morgan fingerprint density at radius 2 is 2.21 bits per heavy atom. The number of halogens is 2. The molecular formula is C13H15F2NO3. The van der Waals surface area contributed by atoms with Crippen LogP contribution in [0, 0.1) is 11.6 Å². The van der Waals surface area contributed by atoms with Crippen LogP contribution in [-0.2, 0) is 9.53 Å². The Morgan fingerprint density at radius 3 is 2.84 bits per heavy atom. The molecule has 1 heterocycles. The Kier molecular flexibility index (Phi) is 4.11. The molecule has 4 nitrogen and oxygen atoms in total. The van der Waals surface area contributed by atoms with E-state index in [0.29, 0.717) is 25.3 Å².